The molecule has 0 atom stereocenters. The lowest BCUT2D eigenvalue weighted by atomic mass is 10.2. The fourth-order valence-electron chi connectivity index (χ4n) is 2.07. The number of thiazole rings is 1. The molecule has 0 aliphatic rings. The molecule has 0 amide bonds. The SMILES string of the molecule is CN(c1ccccc1)c1ccc(N=Nc2scc[n+]2C)cc1. The van der Waals surface area contributed by atoms with Gasteiger partial charge >= 0.3 is 5.13 Å². The standard InChI is InChI=1S/C17H17N4S/c1-20-12-13-22-17(20)19-18-14-8-10-16(11-9-14)21(2)15-6-4-3-5-7-15/h3-13H,1-2H3/q+1. The molecule has 0 saturated heterocycles. The Morgan fingerprint density at radius 2 is 1.59 bits per heavy atom. The Labute approximate surface area is 134 Å². The van der Waals surface area contributed by atoms with E-state index in [0.717, 1.165) is 22.2 Å². The zero-order chi connectivity index (χ0) is 15.4. The highest BCUT2D eigenvalue weighted by Crippen LogP contribution is 2.26. The van der Waals surface area contributed by atoms with Gasteiger partial charge in [0.15, 0.2) is 0 Å². The van der Waals surface area contributed by atoms with Crippen LogP contribution in [-0.2, 0) is 7.05 Å². The van der Waals surface area contributed by atoms with Crippen molar-refractivity contribution < 1.29 is 4.57 Å². The van der Waals surface area contributed by atoms with E-state index in [2.05, 4.69) is 46.4 Å². The van der Waals surface area contributed by atoms with Gasteiger partial charge in [-0.25, -0.2) is 4.57 Å². The van der Waals surface area contributed by atoms with Gasteiger partial charge < -0.3 is 4.90 Å². The molecule has 0 aliphatic carbocycles. The molecule has 1 heterocycles. The van der Waals surface area contributed by atoms with Crippen molar-refractivity contribution >= 4 is 33.5 Å². The highest BCUT2D eigenvalue weighted by atomic mass is 32.1. The molecule has 3 rings (SSSR count). The highest BCUT2D eigenvalue weighted by molar-refractivity contribution is 7.12. The van der Waals surface area contributed by atoms with Crippen LogP contribution in [0.4, 0.5) is 22.2 Å². The number of hydrogen-bond acceptors (Lipinski definition) is 4. The molecule has 110 valence electrons. The van der Waals surface area contributed by atoms with E-state index in [9.17, 15) is 0 Å². The minimum Gasteiger partial charge on any atom is -0.345 e. The van der Waals surface area contributed by atoms with Crippen molar-refractivity contribution in [3.8, 4) is 0 Å². The Hall–Kier alpha value is -2.53. The molecule has 4 nitrogen and oxygen atoms in total. The average molecular weight is 309 g/mol. The molecule has 0 unspecified atom stereocenters. The largest absolute Gasteiger partial charge is 0.408 e. The summed E-state index contributed by atoms with van der Waals surface area (Å²) in [6, 6.07) is 18.3. The third kappa shape index (κ3) is 3.20. The molecule has 2 aromatic carbocycles. The molecule has 0 spiro atoms. The van der Waals surface area contributed by atoms with E-state index in [1.54, 1.807) is 11.3 Å². The Morgan fingerprint density at radius 3 is 2.23 bits per heavy atom. The minimum absolute atomic E-state index is 0.846. The van der Waals surface area contributed by atoms with Crippen molar-refractivity contribution in [1.82, 2.24) is 0 Å². The summed E-state index contributed by atoms with van der Waals surface area (Å²) in [5, 5.41) is 11.4. The van der Waals surface area contributed by atoms with Crippen LogP contribution in [0.1, 0.15) is 0 Å². The summed E-state index contributed by atoms with van der Waals surface area (Å²) < 4.78 is 1.95. The van der Waals surface area contributed by atoms with E-state index in [1.165, 1.54) is 0 Å². The monoisotopic (exact) mass is 309 g/mol. The summed E-state index contributed by atoms with van der Waals surface area (Å²) in [6.45, 7) is 0. The first-order valence-corrected chi connectivity index (χ1v) is 7.86. The second kappa shape index (κ2) is 6.49. The fraction of sp³-hybridized carbons (Fsp3) is 0.118. The predicted molar refractivity (Wildman–Crippen MR) is 90.6 cm³/mol. The third-order valence-corrected chi connectivity index (χ3v) is 4.23. The molecule has 0 fully saturated rings. The number of aryl methyl sites for hydroxylation is 1. The van der Waals surface area contributed by atoms with Crippen molar-refractivity contribution in [3.05, 3.63) is 66.2 Å². The molecule has 0 saturated carbocycles. The molecule has 1 aromatic heterocycles. The first-order valence-electron chi connectivity index (χ1n) is 6.98. The normalized spacial score (nSPS) is 11.0. The minimum atomic E-state index is 0.846. The van der Waals surface area contributed by atoms with Gasteiger partial charge in [0, 0.05) is 23.8 Å². The number of anilines is 2. The molecule has 0 N–H and O–H groups in total. The first-order chi connectivity index (χ1) is 10.7. The summed E-state index contributed by atoms with van der Waals surface area (Å²) in [6.07, 6.45) is 1.97. The second-order valence-electron chi connectivity index (χ2n) is 4.91. The maximum atomic E-state index is 4.28. The smallest absolute Gasteiger partial charge is 0.345 e. The van der Waals surface area contributed by atoms with E-state index in [-0.39, 0.29) is 0 Å². The first kappa shape index (κ1) is 14.4. The molecule has 0 aliphatic heterocycles. The van der Waals surface area contributed by atoms with Gasteiger partial charge in [0.05, 0.1) is 12.2 Å². The Bertz CT molecular complexity index is 763. The van der Waals surface area contributed by atoms with Crippen LogP contribution in [0, 0.1) is 0 Å². The third-order valence-electron chi connectivity index (χ3n) is 3.39. The van der Waals surface area contributed by atoms with Gasteiger partial charge in [-0.3, -0.25) is 0 Å². The van der Waals surface area contributed by atoms with Crippen LogP contribution in [-0.4, -0.2) is 7.05 Å². The van der Waals surface area contributed by atoms with Crippen molar-refractivity contribution in [2.45, 2.75) is 0 Å². The molecule has 0 bridgehead atoms. The summed E-state index contributed by atoms with van der Waals surface area (Å²) in [5.74, 6) is 0. The lowest BCUT2D eigenvalue weighted by Crippen LogP contribution is -2.23. The average Bonchev–Trinajstić information content (AvgIpc) is 2.99. The van der Waals surface area contributed by atoms with Gasteiger partial charge in [-0.1, -0.05) is 18.2 Å². The zero-order valence-corrected chi connectivity index (χ0v) is 13.4. The summed E-state index contributed by atoms with van der Waals surface area (Å²) in [4.78, 5) is 2.14. The van der Waals surface area contributed by atoms with Gasteiger partial charge in [-0.15, -0.1) is 0 Å². The van der Waals surface area contributed by atoms with E-state index in [0.29, 0.717) is 0 Å². The van der Waals surface area contributed by atoms with E-state index in [1.807, 2.05) is 53.5 Å². The lowest BCUT2D eigenvalue weighted by Gasteiger charge is -2.19. The van der Waals surface area contributed by atoms with Crippen molar-refractivity contribution in [1.29, 1.82) is 0 Å². The van der Waals surface area contributed by atoms with Crippen LogP contribution >= 0.6 is 11.3 Å². The summed E-state index contributed by atoms with van der Waals surface area (Å²) >= 11 is 1.57. The number of rotatable bonds is 4. The number of azo groups is 1. The Balaban J connectivity index is 1.76. The predicted octanol–water partition coefficient (Wildman–Crippen LogP) is 4.76. The van der Waals surface area contributed by atoms with Crippen LogP contribution in [0.3, 0.4) is 0 Å². The molecule has 3 aromatic rings. The van der Waals surface area contributed by atoms with Crippen LogP contribution in [0.5, 0.6) is 0 Å². The fourth-order valence-corrected chi connectivity index (χ4v) is 2.75. The summed E-state index contributed by atoms with van der Waals surface area (Å²) in [5.41, 5.74) is 3.12. The van der Waals surface area contributed by atoms with E-state index in [4.69, 9.17) is 0 Å². The number of aromatic nitrogens is 1. The van der Waals surface area contributed by atoms with Crippen LogP contribution in [0.15, 0.2) is 76.4 Å². The number of nitrogens with zero attached hydrogens (tertiary/aromatic N) is 4. The topological polar surface area (TPSA) is 31.8 Å². The van der Waals surface area contributed by atoms with Gasteiger partial charge in [-0.2, -0.15) is 0 Å². The van der Waals surface area contributed by atoms with Gasteiger partial charge in [0.2, 0.25) is 0 Å². The van der Waals surface area contributed by atoms with Crippen LogP contribution in [0.2, 0.25) is 0 Å². The molecular weight excluding hydrogens is 292 g/mol. The zero-order valence-electron chi connectivity index (χ0n) is 12.5. The number of hydrogen-bond donors (Lipinski definition) is 0. The van der Waals surface area contributed by atoms with Crippen molar-refractivity contribution in [2.75, 3.05) is 11.9 Å². The Morgan fingerprint density at radius 1 is 0.909 bits per heavy atom. The van der Waals surface area contributed by atoms with Crippen LogP contribution < -0.4 is 9.47 Å². The van der Waals surface area contributed by atoms with E-state index < -0.39 is 0 Å². The maximum Gasteiger partial charge on any atom is 0.408 e. The Kier molecular flexibility index (Phi) is 4.25. The van der Waals surface area contributed by atoms with Gasteiger partial charge in [-0.05, 0) is 52.8 Å². The summed E-state index contributed by atoms with van der Waals surface area (Å²) in [7, 11) is 4.01. The van der Waals surface area contributed by atoms with E-state index >= 15 is 0 Å². The number of benzene rings is 2. The number of para-hydroxylation sites is 1. The molecular formula is C17H17N4S+. The lowest BCUT2D eigenvalue weighted by molar-refractivity contribution is -0.654. The quantitative estimate of drug-likeness (QED) is 0.505. The van der Waals surface area contributed by atoms with Crippen molar-refractivity contribution in [2.24, 2.45) is 17.3 Å². The molecule has 22 heavy (non-hydrogen) atoms. The molecule has 0 radical (unpaired) electrons. The highest BCUT2D eigenvalue weighted by Gasteiger charge is 2.07. The van der Waals surface area contributed by atoms with Crippen LogP contribution in [0.25, 0.3) is 0 Å². The maximum absolute atomic E-state index is 4.28. The van der Waals surface area contributed by atoms with Crippen molar-refractivity contribution in [3.63, 3.8) is 0 Å². The second-order valence-corrected chi connectivity index (χ2v) is 5.78. The van der Waals surface area contributed by atoms with Gasteiger partial charge in [0.1, 0.15) is 11.9 Å². The van der Waals surface area contributed by atoms with Gasteiger partial charge in [0.25, 0.3) is 0 Å². The molecule has 5 heteroatoms.